The molecule has 0 rings (SSSR count). The summed E-state index contributed by atoms with van der Waals surface area (Å²) in [5.74, 6) is -4.27. The molecule has 0 aliphatic heterocycles. The number of hydrogen-bond donors (Lipinski definition) is 3. The lowest BCUT2D eigenvalue weighted by Crippen LogP contribution is -2.54. The average Bonchev–Trinajstić information content (AvgIpc) is 2.14. The summed E-state index contributed by atoms with van der Waals surface area (Å²) in [7, 11) is 0. The van der Waals surface area contributed by atoms with Crippen LogP contribution >= 0.6 is 15.9 Å². The first kappa shape index (κ1) is 14.9. The van der Waals surface area contributed by atoms with Crippen LogP contribution < -0.4 is 0 Å². The summed E-state index contributed by atoms with van der Waals surface area (Å²) in [5.41, 5.74) is -3.70. The van der Waals surface area contributed by atoms with Crippen LogP contribution in [-0.4, -0.2) is 38.1 Å². The fourth-order valence-electron chi connectivity index (χ4n) is 1.16. The fourth-order valence-corrected chi connectivity index (χ4v) is 1.93. The zero-order chi connectivity index (χ0) is 13.3. The van der Waals surface area contributed by atoms with Crippen molar-refractivity contribution >= 4 is 33.8 Å². The Hall–Kier alpha value is -1.11. The molecule has 3 N–H and O–H groups in total. The molecule has 0 aromatic carbocycles. The van der Waals surface area contributed by atoms with Gasteiger partial charge in [0.15, 0.2) is 0 Å². The molecule has 2 atom stereocenters. The van der Waals surface area contributed by atoms with E-state index in [4.69, 9.17) is 15.3 Å². The van der Waals surface area contributed by atoms with Crippen LogP contribution in [0.25, 0.3) is 0 Å². The van der Waals surface area contributed by atoms with Gasteiger partial charge in [-0.2, -0.15) is 0 Å². The Morgan fingerprint density at radius 3 is 1.56 bits per heavy atom. The molecule has 0 spiro atoms. The minimum absolute atomic E-state index is 1.09. The summed E-state index contributed by atoms with van der Waals surface area (Å²) >= 11 is 2.73. The number of halogens is 1. The zero-order valence-corrected chi connectivity index (χ0v) is 10.6. The van der Waals surface area contributed by atoms with Crippen LogP contribution in [-0.2, 0) is 14.4 Å². The Morgan fingerprint density at radius 1 is 1.00 bits per heavy atom. The Bertz CT molecular complexity index is 337. The van der Waals surface area contributed by atoms with Gasteiger partial charge >= 0.3 is 17.9 Å². The largest absolute Gasteiger partial charge is 0.481 e. The average molecular weight is 297 g/mol. The van der Waals surface area contributed by atoms with Crippen molar-refractivity contribution in [2.75, 3.05) is 0 Å². The molecule has 0 aliphatic carbocycles. The van der Waals surface area contributed by atoms with Gasteiger partial charge in [-0.3, -0.25) is 14.4 Å². The van der Waals surface area contributed by atoms with Crippen molar-refractivity contribution in [3.63, 3.8) is 0 Å². The highest BCUT2D eigenvalue weighted by Gasteiger charge is 2.58. The normalized spacial score (nSPS) is 17.2. The lowest BCUT2D eigenvalue weighted by atomic mass is 9.64. The molecule has 7 heteroatoms. The molecule has 92 valence electrons. The fraction of sp³-hybridized carbons (Fsp3) is 0.667. The number of hydrogen-bond acceptors (Lipinski definition) is 3. The summed E-state index contributed by atoms with van der Waals surface area (Å²) in [6, 6.07) is 0. The molecule has 16 heavy (non-hydrogen) atoms. The van der Waals surface area contributed by atoms with Crippen molar-refractivity contribution < 1.29 is 29.7 Å². The van der Waals surface area contributed by atoms with Crippen LogP contribution in [0.15, 0.2) is 0 Å². The second-order valence-electron chi connectivity index (χ2n) is 4.14. The van der Waals surface area contributed by atoms with Gasteiger partial charge in [0.25, 0.3) is 0 Å². The third-order valence-electron chi connectivity index (χ3n) is 3.00. The molecular formula is C9H13BrO6. The van der Waals surface area contributed by atoms with E-state index in [-0.39, 0.29) is 0 Å². The van der Waals surface area contributed by atoms with Crippen LogP contribution in [0.5, 0.6) is 0 Å². The van der Waals surface area contributed by atoms with Crippen LogP contribution in [0.4, 0.5) is 0 Å². The predicted octanol–water partition coefficient (Wildman–Crippen LogP) is 1.04. The van der Waals surface area contributed by atoms with Gasteiger partial charge in [-0.25, -0.2) is 0 Å². The smallest absolute Gasteiger partial charge is 0.318 e. The van der Waals surface area contributed by atoms with E-state index in [1.165, 1.54) is 13.8 Å². The summed E-state index contributed by atoms with van der Waals surface area (Å²) in [6.45, 7) is 3.46. The molecule has 0 bridgehead atoms. The summed E-state index contributed by atoms with van der Waals surface area (Å²) in [4.78, 5) is 31.5. The number of rotatable bonds is 5. The molecule has 0 aromatic heterocycles. The third-order valence-corrected chi connectivity index (χ3v) is 4.31. The highest BCUT2D eigenvalue weighted by Crippen LogP contribution is 2.45. The molecule has 0 amide bonds. The minimum atomic E-state index is -1.97. The second-order valence-corrected chi connectivity index (χ2v) is 5.05. The summed E-state index contributed by atoms with van der Waals surface area (Å²) in [5, 5.41) is 26.9. The predicted molar refractivity (Wildman–Crippen MR) is 57.5 cm³/mol. The molecule has 0 heterocycles. The minimum Gasteiger partial charge on any atom is -0.481 e. The van der Waals surface area contributed by atoms with E-state index in [9.17, 15) is 14.4 Å². The molecule has 0 saturated carbocycles. The van der Waals surface area contributed by atoms with Gasteiger partial charge in [0.2, 0.25) is 0 Å². The van der Waals surface area contributed by atoms with E-state index in [1.807, 2.05) is 0 Å². The Balaban J connectivity index is 5.71. The Morgan fingerprint density at radius 2 is 1.38 bits per heavy atom. The van der Waals surface area contributed by atoms with Crippen molar-refractivity contribution in [1.29, 1.82) is 0 Å². The monoisotopic (exact) mass is 296 g/mol. The Kier molecular flexibility index (Phi) is 4.10. The first-order valence-electron chi connectivity index (χ1n) is 4.33. The lowest BCUT2D eigenvalue weighted by Gasteiger charge is -2.39. The molecule has 0 fully saturated rings. The number of carboxylic acids is 3. The third kappa shape index (κ3) is 2.04. The first-order valence-corrected chi connectivity index (χ1v) is 5.24. The summed E-state index contributed by atoms with van der Waals surface area (Å²) < 4.78 is 0. The SMILES string of the molecule is CC(C)(C(=O)O)C(C)(C(=O)O)C(Br)C(=O)O. The quantitative estimate of drug-likeness (QED) is 0.654. The van der Waals surface area contributed by atoms with E-state index in [0.717, 1.165) is 6.92 Å². The van der Waals surface area contributed by atoms with E-state index in [0.29, 0.717) is 0 Å². The highest BCUT2D eigenvalue weighted by atomic mass is 79.9. The number of carbonyl (C=O) groups is 3. The van der Waals surface area contributed by atoms with Crippen molar-refractivity contribution in [3.05, 3.63) is 0 Å². The van der Waals surface area contributed by atoms with Crippen molar-refractivity contribution in [2.45, 2.75) is 25.6 Å². The van der Waals surface area contributed by atoms with Gasteiger partial charge in [-0.1, -0.05) is 15.9 Å². The number of aliphatic carboxylic acids is 3. The van der Waals surface area contributed by atoms with E-state index in [2.05, 4.69) is 15.9 Å². The first-order chi connectivity index (χ1) is 6.99. The van der Waals surface area contributed by atoms with Gasteiger partial charge in [0, 0.05) is 0 Å². The second kappa shape index (κ2) is 4.40. The lowest BCUT2D eigenvalue weighted by molar-refractivity contribution is -0.172. The van der Waals surface area contributed by atoms with Crippen molar-refractivity contribution in [3.8, 4) is 0 Å². The molecule has 0 aliphatic rings. The molecular weight excluding hydrogens is 284 g/mol. The standard InChI is InChI=1S/C9H13BrO6/c1-8(2,6(13)14)9(3,7(15)16)4(10)5(11)12/h4H,1-3H3,(H,11,12)(H,13,14)(H,15,16). The van der Waals surface area contributed by atoms with Gasteiger partial charge in [-0.15, -0.1) is 0 Å². The number of carboxylic acid groups (broad SMARTS) is 3. The van der Waals surface area contributed by atoms with Gasteiger partial charge in [0.05, 0.1) is 5.41 Å². The number of alkyl halides is 1. The molecule has 6 nitrogen and oxygen atoms in total. The van der Waals surface area contributed by atoms with Crippen molar-refractivity contribution in [1.82, 2.24) is 0 Å². The maximum atomic E-state index is 11.2. The Labute approximate surface area is 100 Å². The van der Waals surface area contributed by atoms with E-state index >= 15 is 0 Å². The molecule has 2 unspecified atom stereocenters. The molecule has 0 aromatic rings. The van der Waals surface area contributed by atoms with Gasteiger partial charge < -0.3 is 15.3 Å². The molecule has 0 saturated heterocycles. The van der Waals surface area contributed by atoms with E-state index < -0.39 is 33.6 Å². The topological polar surface area (TPSA) is 112 Å². The van der Waals surface area contributed by atoms with E-state index in [1.54, 1.807) is 0 Å². The van der Waals surface area contributed by atoms with Crippen molar-refractivity contribution in [2.24, 2.45) is 10.8 Å². The van der Waals surface area contributed by atoms with Crippen LogP contribution in [0.2, 0.25) is 0 Å². The van der Waals surface area contributed by atoms with Gasteiger partial charge in [-0.05, 0) is 20.8 Å². The summed E-state index contributed by atoms with van der Waals surface area (Å²) in [6.07, 6.45) is 0. The highest BCUT2D eigenvalue weighted by molar-refractivity contribution is 9.10. The maximum Gasteiger partial charge on any atom is 0.318 e. The van der Waals surface area contributed by atoms with Crippen LogP contribution in [0, 0.1) is 10.8 Å². The molecule has 0 radical (unpaired) electrons. The van der Waals surface area contributed by atoms with Crippen LogP contribution in [0.1, 0.15) is 20.8 Å². The van der Waals surface area contributed by atoms with Crippen LogP contribution in [0.3, 0.4) is 0 Å². The maximum absolute atomic E-state index is 11.2. The van der Waals surface area contributed by atoms with Gasteiger partial charge in [0.1, 0.15) is 10.2 Å². The zero-order valence-electron chi connectivity index (χ0n) is 9.02.